The van der Waals surface area contributed by atoms with Crippen LogP contribution in [-0.4, -0.2) is 43.8 Å². The first-order chi connectivity index (χ1) is 22.6. The fourth-order valence-electron chi connectivity index (χ4n) is 5.79. The number of sulfonamides is 1. The van der Waals surface area contributed by atoms with Crippen molar-refractivity contribution in [2.24, 2.45) is 0 Å². The molecule has 1 atom stereocenters. The number of nitrogens with zero attached hydrogens (tertiary/aromatic N) is 2. The van der Waals surface area contributed by atoms with Crippen LogP contribution in [0.15, 0.2) is 112 Å². The van der Waals surface area contributed by atoms with Crippen molar-refractivity contribution in [2.45, 2.75) is 62.0 Å². The Kier molecular flexibility index (Phi) is 12.0. The van der Waals surface area contributed by atoms with E-state index < -0.39 is 28.5 Å². The molecule has 0 aliphatic heterocycles. The van der Waals surface area contributed by atoms with Gasteiger partial charge in [0.15, 0.2) is 0 Å². The van der Waals surface area contributed by atoms with Gasteiger partial charge in [-0.15, -0.1) is 0 Å². The Balaban J connectivity index is 1.56. The molecule has 0 radical (unpaired) electrons. The maximum Gasteiger partial charge on any atom is 0.264 e. The van der Waals surface area contributed by atoms with Crippen molar-refractivity contribution in [1.29, 1.82) is 0 Å². The Hall–Kier alpha value is -3.37. The molecule has 47 heavy (non-hydrogen) atoms. The fourth-order valence-corrected chi connectivity index (χ4v) is 7.81. The Bertz CT molecular complexity index is 1770. The minimum absolute atomic E-state index is 0.00483. The number of carbonyl (C=O) groups excluding carboxylic acids is 2. The van der Waals surface area contributed by atoms with Gasteiger partial charge >= 0.3 is 0 Å². The lowest BCUT2D eigenvalue weighted by molar-refractivity contribution is -0.140. The molecule has 0 aromatic heterocycles. The van der Waals surface area contributed by atoms with Gasteiger partial charge in [-0.3, -0.25) is 13.9 Å². The summed E-state index contributed by atoms with van der Waals surface area (Å²) in [5.74, 6) is -0.825. The second kappa shape index (κ2) is 16.2. The van der Waals surface area contributed by atoms with E-state index in [-0.39, 0.29) is 29.8 Å². The van der Waals surface area contributed by atoms with Crippen LogP contribution >= 0.6 is 39.1 Å². The van der Waals surface area contributed by atoms with Crippen molar-refractivity contribution in [1.82, 2.24) is 10.2 Å². The third-order valence-corrected chi connectivity index (χ3v) is 11.3. The molecule has 1 saturated carbocycles. The van der Waals surface area contributed by atoms with Crippen LogP contribution in [0, 0.1) is 0 Å². The fraction of sp³-hybridized carbons (Fsp3) is 0.278. The number of nitrogens with one attached hydrogen (secondary N) is 1. The Morgan fingerprint density at radius 3 is 2.09 bits per heavy atom. The smallest absolute Gasteiger partial charge is 0.264 e. The predicted octanol–water partition coefficient (Wildman–Crippen LogP) is 8.04. The minimum Gasteiger partial charge on any atom is -0.352 e. The summed E-state index contributed by atoms with van der Waals surface area (Å²) in [5.41, 5.74) is 1.83. The number of benzene rings is 4. The molecule has 1 aliphatic rings. The highest BCUT2D eigenvalue weighted by atomic mass is 79.9. The molecule has 4 aromatic carbocycles. The highest BCUT2D eigenvalue weighted by Gasteiger charge is 2.35. The van der Waals surface area contributed by atoms with E-state index in [1.807, 2.05) is 30.3 Å². The van der Waals surface area contributed by atoms with Crippen LogP contribution in [-0.2, 0) is 32.6 Å². The average molecular weight is 758 g/mol. The summed E-state index contributed by atoms with van der Waals surface area (Å²) in [5, 5.41) is 3.88. The summed E-state index contributed by atoms with van der Waals surface area (Å²) in [6.45, 7) is -0.535. The van der Waals surface area contributed by atoms with Gasteiger partial charge in [0, 0.05) is 23.5 Å². The third-order valence-electron chi connectivity index (χ3n) is 8.28. The Morgan fingerprint density at radius 1 is 0.809 bits per heavy atom. The van der Waals surface area contributed by atoms with Crippen molar-refractivity contribution in [3.63, 3.8) is 0 Å². The maximum atomic E-state index is 14.6. The number of hydrogen-bond acceptors (Lipinski definition) is 4. The molecule has 1 aliphatic carbocycles. The molecule has 2 amide bonds. The van der Waals surface area contributed by atoms with Gasteiger partial charge in [-0.1, -0.05) is 113 Å². The first kappa shape index (κ1) is 35.0. The number of rotatable bonds is 12. The molecule has 7 nitrogen and oxygen atoms in total. The molecule has 0 bridgehead atoms. The first-order valence-corrected chi connectivity index (χ1v) is 18.5. The van der Waals surface area contributed by atoms with Gasteiger partial charge in [0.05, 0.1) is 20.6 Å². The molecule has 11 heteroatoms. The zero-order valence-electron chi connectivity index (χ0n) is 25.7. The average Bonchev–Trinajstić information content (AvgIpc) is 3.08. The minimum atomic E-state index is -4.18. The highest BCUT2D eigenvalue weighted by molar-refractivity contribution is 9.10. The van der Waals surface area contributed by atoms with Crippen LogP contribution in [0.4, 0.5) is 5.69 Å². The van der Waals surface area contributed by atoms with Crippen molar-refractivity contribution in [2.75, 3.05) is 10.8 Å². The van der Waals surface area contributed by atoms with Crippen molar-refractivity contribution >= 4 is 66.7 Å². The summed E-state index contributed by atoms with van der Waals surface area (Å²) < 4.78 is 30.1. The topological polar surface area (TPSA) is 86.8 Å². The largest absolute Gasteiger partial charge is 0.352 e. The van der Waals surface area contributed by atoms with E-state index >= 15 is 0 Å². The standard InChI is InChI=1S/C36H36BrCl2N3O4S/c37-28-17-19-30(20-18-28)42(47(45,46)31-14-8-3-9-15-31)25-35(43)41(24-27-16-21-32(38)33(39)22-27)34(23-26-10-4-1-5-11-26)36(44)40-29-12-6-2-7-13-29/h1,3-5,8-11,14-22,29,34H,2,6-7,12-13,23-25H2,(H,40,44)/t34-/m0/s1. The highest BCUT2D eigenvalue weighted by Crippen LogP contribution is 2.28. The summed E-state index contributed by atoms with van der Waals surface area (Å²) in [7, 11) is -4.18. The molecule has 1 fully saturated rings. The number of hydrogen-bond donors (Lipinski definition) is 1. The molecule has 4 aromatic rings. The van der Waals surface area contributed by atoms with E-state index in [1.165, 1.54) is 17.0 Å². The van der Waals surface area contributed by atoms with Crippen molar-refractivity contribution in [3.05, 3.63) is 129 Å². The lowest BCUT2D eigenvalue weighted by Crippen LogP contribution is -2.55. The molecule has 5 rings (SSSR count). The Labute approximate surface area is 295 Å². The van der Waals surface area contributed by atoms with Gasteiger partial charge in [-0.25, -0.2) is 8.42 Å². The molecule has 1 N–H and O–H groups in total. The van der Waals surface area contributed by atoms with E-state index in [1.54, 1.807) is 60.7 Å². The van der Waals surface area contributed by atoms with Crippen molar-refractivity contribution in [3.8, 4) is 0 Å². The number of anilines is 1. The van der Waals surface area contributed by atoms with Gasteiger partial charge in [0.1, 0.15) is 12.6 Å². The van der Waals surface area contributed by atoms with E-state index in [0.29, 0.717) is 21.3 Å². The van der Waals surface area contributed by atoms with E-state index in [0.717, 1.165) is 46.4 Å². The second-order valence-corrected chi connectivity index (χ2v) is 15.2. The third kappa shape index (κ3) is 9.16. The van der Waals surface area contributed by atoms with Crippen LogP contribution in [0.25, 0.3) is 0 Å². The zero-order chi connectivity index (χ0) is 33.4. The molecule has 0 heterocycles. The predicted molar refractivity (Wildman–Crippen MR) is 191 cm³/mol. The van der Waals surface area contributed by atoms with Crippen LogP contribution in [0.3, 0.4) is 0 Å². The van der Waals surface area contributed by atoms with E-state index in [9.17, 15) is 18.0 Å². The number of amides is 2. The number of carbonyl (C=O) groups is 2. The molecular weight excluding hydrogens is 721 g/mol. The monoisotopic (exact) mass is 755 g/mol. The van der Waals surface area contributed by atoms with Gasteiger partial charge in [-0.05, 0) is 72.5 Å². The summed E-state index contributed by atoms with van der Waals surface area (Å²) in [6, 6.07) is 28.3. The summed E-state index contributed by atoms with van der Waals surface area (Å²) in [4.78, 5) is 30.3. The molecule has 0 unspecified atom stereocenters. The van der Waals surface area contributed by atoms with Gasteiger partial charge in [0.2, 0.25) is 11.8 Å². The van der Waals surface area contributed by atoms with Gasteiger partial charge in [-0.2, -0.15) is 0 Å². The van der Waals surface area contributed by atoms with Gasteiger partial charge < -0.3 is 10.2 Å². The molecule has 246 valence electrons. The SMILES string of the molecule is O=C(NC1CCCCC1)[C@H](Cc1ccccc1)N(Cc1ccc(Cl)c(Cl)c1)C(=O)CN(c1ccc(Br)cc1)S(=O)(=O)c1ccccc1. The Morgan fingerprint density at radius 2 is 1.45 bits per heavy atom. The normalized spacial score (nSPS) is 14.3. The van der Waals surface area contributed by atoms with Crippen LogP contribution in [0.1, 0.15) is 43.2 Å². The molecule has 0 spiro atoms. The lowest BCUT2D eigenvalue weighted by Gasteiger charge is -2.35. The molecular formula is C36H36BrCl2N3O4S. The first-order valence-electron chi connectivity index (χ1n) is 15.5. The lowest BCUT2D eigenvalue weighted by atomic mass is 9.94. The van der Waals surface area contributed by atoms with Gasteiger partial charge in [0.25, 0.3) is 10.0 Å². The quantitative estimate of drug-likeness (QED) is 0.159. The van der Waals surface area contributed by atoms with Crippen LogP contribution in [0.2, 0.25) is 10.0 Å². The van der Waals surface area contributed by atoms with Crippen LogP contribution < -0.4 is 9.62 Å². The van der Waals surface area contributed by atoms with Crippen LogP contribution in [0.5, 0.6) is 0 Å². The summed E-state index contributed by atoms with van der Waals surface area (Å²) >= 11 is 16.0. The summed E-state index contributed by atoms with van der Waals surface area (Å²) in [6.07, 6.45) is 5.16. The van der Waals surface area contributed by atoms with Crippen molar-refractivity contribution < 1.29 is 18.0 Å². The maximum absolute atomic E-state index is 14.6. The zero-order valence-corrected chi connectivity index (χ0v) is 29.6. The second-order valence-electron chi connectivity index (χ2n) is 11.6. The molecule has 0 saturated heterocycles. The van der Waals surface area contributed by atoms with E-state index in [2.05, 4.69) is 21.2 Å². The van der Waals surface area contributed by atoms with E-state index in [4.69, 9.17) is 23.2 Å². The number of halogens is 3.